The van der Waals surface area contributed by atoms with Gasteiger partial charge in [-0.1, -0.05) is 11.6 Å². The average molecular weight is 309 g/mol. The summed E-state index contributed by atoms with van der Waals surface area (Å²) < 4.78 is 0. The number of urea groups is 1. The average Bonchev–Trinajstić information content (AvgIpc) is 2.48. The first kappa shape index (κ1) is 15.3. The van der Waals surface area contributed by atoms with E-state index in [0.29, 0.717) is 17.3 Å². The molecule has 2 rings (SSSR count). The van der Waals surface area contributed by atoms with E-state index in [2.05, 4.69) is 10.3 Å². The molecule has 0 bridgehead atoms. The van der Waals surface area contributed by atoms with Crippen LogP contribution in [0, 0.1) is 0 Å². The SMILES string of the molecule is CN(CCO)c1ccc(Cl)cc1NC(=O)N1C=CC=NC1. The number of carbonyl (C=O) groups is 1. The summed E-state index contributed by atoms with van der Waals surface area (Å²) in [6.07, 6.45) is 4.99. The Hall–Kier alpha value is -2.05. The van der Waals surface area contributed by atoms with Gasteiger partial charge in [-0.05, 0) is 24.3 Å². The van der Waals surface area contributed by atoms with Gasteiger partial charge in [-0.2, -0.15) is 0 Å². The summed E-state index contributed by atoms with van der Waals surface area (Å²) in [4.78, 5) is 19.5. The van der Waals surface area contributed by atoms with Crippen molar-refractivity contribution in [2.45, 2.75) is 0 Å². The summed E-state index contributed by atoms with van der Waals surface area (Å²) in [6.45, 7) is 0.763. The van der Waals surface area contributed by atoms with Gasteiger partial charge in [-0.15, -0.1) is 0 Å². The highest BCUT2D eigenvalue weighted by Gasteiger charge is 2.15. The molecule has 7 heteroatoms. The number of aliphatic hydroxyl groups excluding tert-OH is 1. The molecule has 1 aromatic carbocycles. The molecular weight excluding hydrogens is 292 g/mol. The number of nitrogens with one attached hydrogen (secondary N) is 1. The minimum Gasteiger partial charge on any atom is -0.395 e. The number of aliphatic imine (C=N–C) groups is 1. The van der Waals surface area contributed by atoms with Crippen molar-refractivity contribution >= 4 is 35.2 Å². The third-order valence-corrected chi connectivity index (χ3v) is 3.23. The van der Waals surface area contributed by atoms with Crippen LogP contribution in [0.5, 0.6) is 0 Å². The Morgan fingerprint density at radius 1 is 1.57 bits per heavy atom. The molecule has 2 N–H and O–H groups in total. The molecule has 112 valence electrons. The standard InChI is InChI=1S/C14H17ClN4O2/c1-18(7-8-20)13-4-3-11(15)9-12(13)17-14(21)19-6-2-5-16-10-19/h2-6,9,20H,7-8,10H2,1H3,(H,17,21). The highest BCUT2D eigenvalue weighted by Crippen LogP contribution is 2.28. The maximum absolute atomic E-state index is 12.2. The largest absolute Gasteiger partial charge is 0.395 e. The van der Waals surface area contributed by atoms with Crippen molar-refractivity contribution < 1.29 is 9.90 Å². The second-order valence-electron chi connectivity index (χ2n) is 4.52. The summed E-state index contributed by atoms with van der Waals surface area (Å²) in [6, 6.07) is 4.94. The molecule has 0 radical (unpaired) electrons. The first-order chi connectivity index (χ1) is 10.1. The highest BCUT2D eigenvalue weighted by atomic mass is 35.5. The van der Waals surface area contributed by atoms with E-state index >= 15 is 0 Å². The Bertz CT molecular complexity index is 574. The number of rotatable bonds is 4. The number of carbonyl (C=O) groups excluding carboxylic acids is 1. The summed E-state index contributed by atoms with van der Waals surface area (Å²) in [5.41, 5.74) is 1.37. The number of benzene rings is 1. The van der Waals surface area contributed by atoms with E-state index < -0.39 is 0 Å². The Morgan fingerprint density at radius 2 is 2.38 bits per heavy atom. The fourth-order valence-electron chi connectivity index (χ4n) is 1.92. The first-order valence-electron chi connectivity index (χ1n) is 6.47. The van der Waals surface area contributed by atoms with Crippen molar-refractivity contribution in [3.05, 3.63) is 35.5 Å². The topological polar surface area (TPSA) is 68.2 Å². The van der Waals surface area contributed by atoms with E-state index in [1.165, 1.54) is 4.90 Å². The van der Waals surface area contributed by atoms with Crippen LogP contribution in [0.1, 0.15) is 0 Å². The van der Waals surface area contributed by atoms with Crippen molar-refractivity contribution in [1.29, 1.82) is 0 Å². The number of hydrogen-bond acceptors (Lipinski definition) is 4. The maximum atomic E-state index is 12.2. The third-order valence-electron chi connectivity index (χ3n) is 3.00. The summed E-state index contributed by atoms with van der Waals surface area (Å²) in [5, 5.41) is 12.4. The van der Waals surface area contributed by atoms with E-state index in [1.54, 1.807) is 36.7 Å². The van der Waals surface area contributed by atoms with Crippen molar-refractivity contribution in [2.75, 3.05) is 37.1 Å². The zero-order chi connectivity index (χ0) is 15.2. The third kappa shape index (κ3) is 3.96. The van der Waals surface area contributed by atoms with Crippen LogP contribution in [-0.2, 0) is 0 Å². The maximum Gasteiger partial charge on any atom is 0.327 e. The highest BCUT2D eigenvalue weighted by molar-refractivity contribution is 6.31. The van der Waals surface area contributed by atoms with Gasteiger partial charge in [0.05, 0.1) is 18.0 Å². The van der Waals surface area contributed by atoms with Gasteiger partial charge in [0.2, 0.25) is 0 Å². The van der Waals surface area contributed by atoms with Crippen molar-refractivity contribution in [1.82, 2.24) is 4.90 Å². The smallest absolute Gasteiger partial charge is 0.327 e. The molecule has 0 saturated heterocycles. The molecule has 1 heterocycles. The lowest BCUT2D eigenvalue weighted by Crippen LogP contribution is -2.32. The van der Waals surface area contributed by atoms with Gasteiger partial charge in [0.25, 0.3) is 0 Å². The quantitative estimate of drug-likeness (QED) is 0.895. The number of halogens is 1. The molecule has 0 fully saturated rings. The molecule has 0 atom stereocenters. The van der Waals surface area contributed by atoms with Crippen LogP contribution in [0.25, 0.3) is 0 Å². The van der Waals surface area contributed by atoms with Gasteiger partial charge in [0, 0.05) is 31.0 Å². The van der Waals surface area contributed by atoms with E-state index in [4.69, 9.17) is 16.7 Å². The number of amides is 2. The monoisotopic (exact) mass is 308 g/mol. The van der Waals surface area contributed by atoms with Crippen LogP contribution in [0.4, 0.5) is 16.2 Å². The number of anilines is 2. The molecular formula is C14H17ClN4O2. The lowest BCUT2D eigenvalue weighted by Gasteiger charge is -2.24. The fourth-order valence-corrected chi connectivity index (χ4v) is 2.09. The van der Waals surface area contributed by atoms with Gasteiger partial charge in [0.15, 0.2) is 0 Å². The number of allylic oxidation sites excluding steroid dienone is 1. The van der Waals surface area contributed by atoms with Gasteiger partial charge in [-0.3, -0.25) is 9.89 Å². The molecule has 0 spiro atoms. The molecule has 0 aromatic heterocycles. The summed E-state index contributed by atoms with van der Waals surface area (Å²) >= 11 is 6.00. The molecule has 6 nitrogen and oxygen atoms in total. The normalized spacial score (nSPS) is 13.4. The van der Waals surface area contributed by atoms with Crippen LogP contribution in [0.3, 0.4) is 0 Å². The molecule has 0 saturated carbocycles. The van der Waals surface area contributed by atoms with Gasteiger partial charge in [-0.25, -0.2) is 4.79 Å². The van der Waals surface area contributed by atoms with Gasteiger partial charge in [0.1, 0.15) is 6.67 Å². The number of aliphatic hydroxyl groups is 1. The first-order valence-corrected chi connectivity index (χ1v) is 6.85. The predicted molar refractivity (Wildman–Crippen MR) is 85.2 cm³/mol. The summed E-state index contributed by atoms with van der Waals surface area (Å²) in [7, 11) is 1.83. The molecule has 1 aliphatic rings. The van der Waals surface area contributed by atoms with E-state index in [9.17, 15) is 4.79 Å². The van der Waals surface area contributed by atoms with Gasteiger partial charge < -0.3 is 15.3 Å². The van der Waals surface area contributed by atoms with Crippen molar-refractivity contribution in [2.24, 2.45) is 4.99 Å². The van der Waals surface area contributed by atoms with Crippen LogP contribution >= 0.6 is 11.6 Å². The van der Waals surface area contributed by atoms with Gasteiger partial charge >= 0.3 is 6.03 Å². The van der Waals surface area contributed by atoms with E-state index in [-0.39, 0.29) is 19.3 Å². The minimum absolute atomic E-state index is 0.0239. The molecule has 1 aliphatic heterocycles. The molecule has 0 unspecified atom stereocenters. The molecule has 21 heavy (non-hydrogen) atoms. The zero-order valence-electron chi connectivity index (χ0n) is 11.7. The predicted octanol–water partition coefficient (Wildman–Crippen LogP) is 2.16. The lowest BCUT2D eigenvalue weighted by atomic mass is 10.2. The zero-order valence-corrected chi connectivity index (χ0v) is 12.4. The van der Waals surface area contributed by atoms with Crippen molar-refractivity contribution in [3.63, 3.8) is 0 Å². The lowest BCUT2D eigenvalue weighted by molar-refractivity contribution is 0.229. The Balaban J connectivity index is 2.17. The Morgan fingerprint density at radius 3 is 3.05 bits per heavy atom. The number of likely N-dealkylation sites (N-methyl/N-ethyl adjacent to an activating group) is 1. The summed E-state index contributed by atoms with van der Waals surface area (Å²) in [5.74, 6) is 0. The molecule has 0 aliphatic carbocycles. The molecule has 2 amide bonds. The van der Waals surface area contributed by atoms with Crippen LogP contribution in [0.15, 0.2) is 35.5 Å². The second kappa shape index (κ2) is 7.10. The van der Waals surface area contributed by atoms with Crippen LogP contribution in [0.2, 0.25) is 5.02 Å². The van der Waals surface area contributed by atoms with Crippen LogP contribution < -0.4 is 10.2 Å². The minimum atomic E-state index is -0.288. The van der Waals surface area contributed by atoms with Crippen LogP contribution in [-0.4, -0.2) is 49.1 Å². The number of hydrogen-bond donors (Lipinski definition) is 2. The number of nitrogens with zero attached hydrogens (tertiary/aromatic N) is 3. The molecule has 1 aromatic rings. The van der Waals surface area contributed by atoms with E-state index in [0.717, 1.165) is 5.69 Å². The Labute approximate surface area is 128 Å². The van der Waals surface area contributed by atoms with Crippen molar-refractivity contribution in [3.8, 4) is 0 Å². The Kier molecular flexibility index (Phi) is 5.19. The second-order valence-corrected chi connectivity index (χ2v) is 4.96. The fraction of sp³-hybridized carbons (Fsp3) is 0.286. The van der Waals surface area contributed by atoms with E-state index in [1.807, 2.05) is 11.9 Å².